The van der Waals surface area contributed by atoms with E-state index >= 15 is 0 Å². The van der Waals surface area contributed by atoms with Crippen LogP contribution in [0.1, 0.15) is 51.2 Å². The van der Waals surface area contributed by atoms with Crippen molar-refractivity contribution < 1.29 is 4.79 Å². The van der Waals surface area contributed by atoms with Crippen LogP contribution in [0, 0.1) is 0 Å². The van der Waals surface area contributed by atoms with Crippen molar-refractivity contribution in [1.29, 1.82) is 0 Å². The van der Waals surface area contributed by atoms with Gasteiger partial charge in [-0.15, -0.1) is 0 Å². The van der Waals surface area contributed by atoms with Gasteiger partial charge in [0, 0.05) is 24.7 Å². The van der Waals surface area contributed by atoms with Crippen molar-refractivity contribution >= 4 is 12.0 Å². The highest BCUT2D eigenvalue weighted by molar-refractivity contribution is 5.92. The van der Waals surface area contributed by atoms with E-state index in [1.807, 2.05) is 11.0 Å². The van der Waals surface area contributed by atoms with Crippen LogP contribution in [0.15, 0.2) is 30.3 Å². The quantitative estimate of drug-likeness (QED) is 0.845. The molecule has 1 unspecified atom stereocenters. The van der Waals surface area contributed by atoms with Crippen LogP contribution in [-0.4, -0.2) is 36.0 Å². The molecule has 1 heterocycles. The number of nitrogens with zero attached hydrogens (tertiary/aromatic N) is 1. The normalized spacial score (nSPS) is 18.5. The lowest BCUT2D eigenvalue weighted by molar-refractivity contribution is -0.129. The number of nitrogens with one attached hydrogen (secondary N) is 1. The van der Waals surface area contributed by atoms with E-state index in [1.54, 1.807) is 6.08 Å². The summed E-state index contributed by atoms with van der Waals surface area (Å²) >= 11 is 0. The molecule has 1 fully saturated rings. The lowest BCUT2D eigenvalue weighted by Crippen LogP contribution is -2.45. The molecule has 0 aliphatic carbocycles. The SMILES string of the molecule is CC(C)c1ccc(/C=C/C(=O)N(C(C)C)C2CCNC2)cc1. The van der Waals surface area contributed by atoms with Crippen molar-refractivity contribution in [2.45, 2.75) is 52.1 Å². The highest BCUT2D eigenvalue weighted by Crippen LogP contribution is 2.16. The summed E-state index contributed by atoms with van der Waals surface area (Å²) in [4.78, 5) is 14.5. The first kappa shape index (κ1) is 16.8. The van der Waals surface area contributed by atoms with E-state index in [0.29, 0.717) is 12.0 Å². The molecule has 3 heteroatoms. The highest BCUT2D eigenvalue weighted by atomic mass is 16.2. The fourth-order valence-corrected chi connectivity index (χ4v) is 2.98. The van der Waals surface area contributed by atoms with E-state index in [4.69, 9.17) is 0 Å². The van der Waals surface area contributed by atoms with Gasteiger partial charge in [0.15, 0.2) is 0 Å². The van der Waals surface area contributed by atoms with Crippen LogP contribution >= 0.6 is 0 Å². The summed E-state index contributed by atoms with van der Waals surface area (Å²) in [6.07, 6.45) is 4.67. The topological polar surface area (TPSA) is 32.3 Å². The molecule has 1 saturated heterocycles. The molecule has 0 spiro atoms. The predicted molar refractivity (Wildman–Crippen MR) is 92.8 cm³/mol. The monoisotopic (exact) mass is 300 g/mol. The molecule has 0 bridgehead atoms. The van der Waals surface area contributed by atoms with Crippen molar-refractivity contribution in [3.63, 3.8) is 0 Å². The summed E-state index contributed by atoms with van der Waals surface area (Å²) in [5.74, 6) is 0.641. The van der Waals surface area contributed by atoms with Gasteiger partial charge in [-0.05, 0) is 49.9 Å². The molecule has 1 aromatic rings. The number of hydrogen-bond acceptors (Lipinski definition) is 2. The minimum atomic E-state index is 0.108. The van der Waals surface area contributed by atoms with Crippen molar-refractivity contribution in [2.24, 2.45) is 0 Å². The van der Waals surface area contributed by atoms with Crippen LogP contribution < -0.4 is 5.32 Å². The zero-order valence-electron chi connectivity index (χ0n) is 14.2. The molecule has 3 nitrogen and oxygen atoms in total. The Morgan fingerprint density at radius 1 is 1.23 bits per heavy atom. The van der Waals surface area contributed by atoms with Crippen LogP contribution in [0.2, 0.25) is 0 Å². The van der Waals surface area contributed by atoms with E-state index in [0.717, 1.165) is 25.1 Å². The van der Waals surface area contributed by atoms with Gasteiger partial charge in [-0.25, -0.2) is 0 Å². The predicted octanol–water partition coefficient (Wildman–Crippen LogP) is 3.42. The minimum Gasteiger partial charge on any atom is -0.332 e. The Morgan fingerprint density at radius 3 is 2.41 bits per heavy atom. The number of rotatable bonds is 5. The minimum absolute atomic E-state index is 0.108. The fourth-order valence-electron chi connectivity index (χ4n) is 2.98. The molecule has 1 atom stereocenters. The van der Waals surface area contributed by atoms with Gasteiger partial charge < -0.3 is 10.2 Å². The molecule has 22 heavy (non-hydrogen) atoms. The highest BCUT2D eigenvalue weighted by Gasteiger charge is 2.27. The van der Waals surface area contributed by atoms with Gasteiger partial charge in [-0.1, -0.05) is 38.1 Å². The average Bonchev–Trinajstić information content (AvgIpc) is 2.99. The van der Waals surface area contributed by atoms with Crippen LogP contribution in [0.4, 0.5) is 0 Å². The van der Waals surface area contributed by atoms with Crippen LogP contribution in [0.25, 0.3) is 6.08 Å². The maximum atomic E-state index is 12.5. The number of carbonyl (C=O) groups is 1. The van der Waals surface area contributed by atoms with Gasteiger partial charge in [0.2, 0.25) is 5.91 Å². The molecule has 0 saturated carbocycles. The first-order valence-electron chi connectivity index (χ1n) is 8.30. The van der Waals surface area contributed by atoms with Crippen molar-refractivity contribution in [3.05, 3.63) is 41.5 Å². The van der Waals surface area contributed by atoms with Crippen molar-refractivity contribution in [3.8, 4) is 0 Å². The third-order valence-electron chi connectivity index (χ3n) is 4.26. The summed E-state index contributed by atoms with van der Waals surface area (Å²) in [6.45, 7) is 10.4. The summed E-state index contributed by atoms with van der Waals surface area (Å²) in [5.41, 5.74) is 2.40. The Bertz CT molecular complexity index is 511. The largest absolute Gasteiger partial charge is 0.332 e. The van der Waals surface area contributed by atoms with Crippen molar-refractivity contribution in [1.82, 2.24) is 10.2 Å². The Labute approximate surface area is 134 Å². The molecule has 1 N–H and O–H groups in total. The Kier molecular flexibility index (Phi) is 5.78. The van der Waals surface area contributed by atoms with Gasteiger partial charge in [0.25, 0.3) is 0 Å². The molecule has 1 aliphatic rings. The molecule has 1 aromatic carbocycles. The van der Waals surface area contributed by atoms with Gasteiger partial charge >= 0.3 is 0 Å². The number of hydrogen-bond donors (Lipinski definition) is 1. The number of amides is 1. The molecule has 1 amide bonds. The zero-order valence-corrected chi connectivity index (χ0v) is 14.2. The van der Waals surface area contributed by atoms with Crippen molar-refractivity contribution in [2.75, 3.05) is 13.1 Å². The Hall–Kier alpha value is -1.61. The van der Waals surface area contributed by atoms with Gasteiger partial charge in [-0.3, -0.25) is 4.79 Å². The first-order valence-corrected chi connectivity index (χ1v) is 8.30. The fraction of sp³-hybridized carbons (Fsp3) is 0.526. The second-order valence-corrected chi connectivity index (χ2v) is 6.64. The first-order chi connectivity index (χ1) is 10.5. The molecule has 0 aromatic heterocycles. The standard InChI is InChI=1S/C19H28N2O/c1-14(2)17-8-5-16(6-9-17)7-10-19(22)21(15(3)4)18-11-12-20-13-18/h5-10,14-15,18,20H,11-13H2,1-4H3/b10-7+. The maximum absolute atomic E-state index is 12.5. The van der Waals surface area contributed by atoms with Crippen LogP contribution in [0.3, 0.4) is 0 Å². The lowest BCUT2D eigenvalue weighted by atomic mass is 10.0. The number of carbonyl (C=O) groups excluding carboxylic acids is 1. The molecular formula is C19H28N2O. The Balaban J connectivity index is 2.05. The summed E-state index contributed by atoms with van der Waals surface area (Å²) < 4.78 is 0. The van der Waals surface area contributed by atoms with E-state index in [-0.39, 0.29) is 11.9 Å². The van der Waals surface area contributed by atoms with E-state index in [2.05, 4.69) is 57.3 Å². The zero-order chi connectivity index (χ0) is 16.1. The summed E-state index contributed by atoms with van der Waals surface area (Å²) in [7, 11) is 0. The second kappa shape index (κ2) is 7.59. The molecule has 120 valence electrons. The van der Waals surface area contributed by atoms with Crippen LogP contribution in [0.5, 0.6) is 0 Å². The van der Waals surface area contributed by atoms with Gasteiger partial charge in [0.1, 0.15) is 0 Å². The summed E-state index contributed by atoms with van der Waals surface area (Å²) in [5, 5.41) is 3.34. The van der Waals surface area contributed by atoms with Gasteiger partial charge in [0.05, 0.1) is 0 Å². The average molecular weight is 300 g/mol. The Morgan fingerprint density at radius 2 is 1.91 bits per heavy atom. The van der Waals surface area contributed by atoms with E-state index in [1.165, 1.54) is 5.56 Å². The molecule has 1 aliphatic heterocycles. The summed E-state index contributed by atoms with van der Waals surface area (Å²) in [6, 6.07) is 8.98. The smallest absolute Gasteiger partial charge is 0.247 e. The lowest BCUT2D eigenvalue weighted by Gasteiger charge is -2.31. The maximum Gasteiger partial charge on any atom is 0.247 e. The third kappa shape index (κ3) is 4.20. The van der Waals surface area contributed by atoms with E-state index in [9.17, 15) is 4.79 Å². The van der Waals surface area contributed by atoms with Gasteiger partial charge in [-0.2, -0.15) is 0 Å². The van der Waals surface area contributed by atoms with E-state index < -0.39 is 0 Å². The second-order valence-electron chi connectivity index (χ2n) is 6.64. The van der Waals surface area contributed by atoms with Crippen LogP contribution in [-0.2, 0) is 4.79 Å². The third-order valence-corrected chi connectivity index (χ3v) is 4.26. The number of benzene rings is 1. The molecule has 0 radical (unpaired) electrons. The molecular weight excluding hydrogens is 272 g/mol. The molecule has 2 rings (SSSR count).